The molecular formula is C18H16N2O2. The first-order chi connectivity index (χ1) is 10.7. The summed E-state index contributed by atoms with van der Waals surface area (Å²) in [5.74, 6) is -0.248. The van der Waals surface area contributed by atoms with E-state index in [9.17, 15) is 9.90 Å². The number of anilines is 1. The van der Waals surface area contributed by atoms with Gasteiger partial charge in [-0.05, 0) is 48.2 Å². The van der Waals surface area contributed by atoms with Crippen LogP contribution in [0.1, 0.15) is 40.0 Å². The quantitative estimate of drug-likeness (QED) is 0.830. The summed E-state index contributed by atoms with van der Waals surface area (Å²) in [6, 6.07) is 11.5. The minimum Gasteiger partial charge on any atom is -0.478 e. The fraction of sp³-hybridized carbons (Fsp3) is 0.222. The number of benzene rings is 1. The van der Waals surface area contributed by atoms with Gasteiger partial charge in [-0.15, -0.1) is 0 Å². The second kappa shape index (κ2) is 4.98. The first-order valence-electron chi connectivity index (χ1n) is 7.45. The average Bonchev–Trinajstić information content (AvgIpc) is 3.04. The van der Waals surface area contributed by atoms with Crippen molar-refractivity contribution in [2.24, 2.45) is 5.92 Å². The van der Waals surface area contributed by atoms with Gasteiger partial charge in [-0.25, -0.2) is 4.79 Å². The number of carboxylic acids is 1. The average molecular weight is 292 g/mol. The Hall–Kier alpha value is -2.62. The molecule has 2 heterocycles. The van der Waals surface area contributed by atoms with Gasteiger partial charge in [-0.2, -0.15) is 0 Å². The van der Waals surface area contributed by atoms with E-state index in [-0.39, 0.29) is 12.0 Å². The van der Waals surface area contributed by atoms with Crippen LogP contribution in [0.25, 0.3) is 0 Å². The summed E-state index contributed by atoms with van der Waals surface area (Å²) in [7, 11) is 0. The van der Waals surface area contributed by atoms with Crippen molar-refractivity contribution < 1.29 is 9.90 Å². The van der Waals surface area contributed by atoms with E-state index in [0.717, 1.165) is 23.4 Å². The highest BCUT2D eigenvalue weighted by Crippen LogP contribution is 2.49. The van der Waals surface area contributed by atoms with Crippen molar-refractivity contribution in [1.29, 1.82) is 0 Å². The number of nitrogens with one attached hydrogen (secondary N) is 1. The molecule has 2 N–H and O–H groups in total. The molecule has 0 amide bonds. The Morgan fingerprint density at radius 2 is 2.18 bits per heavy atom. The third-order valence-corrected chi connectivity index (χ3v) is 4.62. The molecular weight excluding hydrogens is 276 g/mol. The first kappa shape index (κ1) is 13.1. The number of carboxylic acid groups (broad SMARTS) is 1. The lowest BCUT2D eigenvalue weighted by Gasteiger charge is -2.37. The van der Waals surface area contributed by atoms with Crippen molar-refractivity contribution in [3.8, 4) is 0 Å². The predicted molar refractivity (Wildman–Crippen MR) is 84.0 cm³/mol. The Kier molecular flexibility index (Phi) is 2.96. The lowest BCUT2D eigenvalue weighted by atomic mass is 9.78. The van der Waals surface area contributed by atoms with Crippen LogP contribution in [-0.2, 0) is 0 Å². The topological polar surface area (TPSA) is 62.2 Å². The predicted octanol–water partition coefficient (Wildman–Crippen LogP) is 3.61. The number of nitrogens with zero attached hydrogens (tertiary/aromatic N) is 1. The van der Waals surface area contributed by atoms with Gasteiger partial charge < -0.3 is 10.4 Å². The maximum Gasteiger partial charge on any atom is 0.335 e. The molecule has 3 atom stereocenters. The monoisotopic (exact) mass is 292 g/mol. The Morgan fingerprint density at radius 1 is 1.27 bits per heavy atom. The van der Waals surface area contributed by atoms with E-state index in [4.69, 9.17) is 0 Å². The van der Waals surface area contributed by atoms with E-state index in [0.29, 0.717) is 11.5 Å². The number of hydrogen-bond acceptors (Lipinski definition) is 3. The number of fused-ring (bicyclic) bond motifs is 3. The fourth-order valence-electron chi connectivity index (χ4n) is 3.58. The summed E-state index contributed by atoms with van der Waals surface area (Å²) in [4.78, 5) is 15.7. The van der Waals surface area contributed by atoms with Gasteiger partial charge >= 0.3 is 5.97 Å². The molecule has 1 aromatic carbocycles. The molecule has 4 rings (SSSR count). The Balaban J connectivity index is 1.79. The second-order valence-electron chi connectivity index (χ2n) is 5.84. The molecule has 1 aliphatic heterocycles. The number of carbonyl (C=O) groups is 1. The molecule has 1 aliphatic carbocycles. The Morgan fingerprint density at radius 3 is 2.95 bits per heavy atom. The minimum atomic E-state index is -0.881. The molecule has 22 heavy (non-hydrogen) atoms. The van der Waals surface area contributed by atoms with Gasteiger partial charge in [0, 0.05) is 17.8 Å². The summed E-state index contributed by atoms with van der Waals surface area (Å²) in [5, 5.41) is 12.8. The third kappa shape index (κ3) is 1.99. The molecule has 0 saturated heterocycles. The SMILES string of the molecule is O=C(O)c1ccc2c(c1)[C@H]1C=CC[C@@H]1[C@@H](c1ccccn1)N2. The van der Waals surface area contributed by atoms with Crippen molar-refractivity contribution in [3.05, 3.63) is 71.6 Å². The van der Waals surface area contributed by atoms with Crippen LogP contribution >= 0.6 is 0 Å². The summed E-state index contributed by atoms with van der Waals surface area (Å²) in [5.41, 5.74) is 3.46. The molecule has 0 fully saturated rings. The largest absolute Gasteiger partial charge is 0.478 e. The smallest absolute Gasteiger partial charge is 0.335 e. The van der Waals surface area contributed by atoms with Gasteiger partial charge in [-0.1, -0.05) is 18.2 Å². The van der Waals surface area contributed by atoms with Crippen molar-refractivity contribution in [2.45, 2.75) is 18.4 Å². The highest BCUT2D eigenvalue weighted by Gasteiger charge is 2.38. The van der Waals surface area contributed by atoms with E-state index >= 15 is 0 Å². The number of rotatable bonds is 2. The molecule has 4 nitrogen and oxygen atoms in total. The third-order valence-electron chi connectivity index (χ3n) is 4.62. The maximum atomic E-state index is 11.2. The summed E-state index contributed by atoms with van der Waals surface area (Å²) < 4.78 is 0. The van der Waals surface area contributed by atoms with E-state index < -0.39 is 5.97 Å². The van der Waals surface area contributed by atoms with Crippen LogP contribution in [-0.4, -0.2) is 16.1 Å². The first-order valence-corrected chi connectivity index (χ1v) is 7.45. The summed E-state index contributed by atoms with van der Waals surface area (Å²) in [6.45, 7) is 0. The normalized spacial score (nSPS) is 25.2. The molecule has 0 spiro atoms. The molecule has 110 valence electrons. The molecule has 2 aliphatic rings. The van der Waals surface area contributed by atoms with E-state index in [1.54, 1.807) is 12.1 Å². The zero-order chi connectivity index (χ0) is 15.1. The highest BCUT2D eigenvalue weighted by molar-refractivity contribution is 5.89. The summed E-state index contributed by atoms with van der Waals surface area (Å²) >= 11 is 0. The van der Waals surface area contributed by atoms with Gasteiger partial charge in [-0.3, -0.25) is 4.98 Å². The zero-order valence-corrected chi connectivity index (χ0v) is 11.9. The number of hydrogen-bond donors (Lipinski definition) is 2. The lowest BCUT2D eigenvalue weighted by Crippen LogP contribution is -2.29. The van der Waals surface area contributed by atoms with Crippen LogP contribution in [0.15, 0.2) is 54.7 Å². The van der Waals surface area contributed by atoms with E-state index in [1.807, 2.05) is 30.5 Å². The van der Waals surface area contributed by atoms with E-state index in [2.05, 4.69) is 22.5 Å². The zero-order valence-electron chi connectivity index (χ0n) is 11.9. The van der Waals surface area contributed by atoms with Crippen LogP contribution in [0.5, 0.6) is 0 Å². The van der Waals surface area contributed by atoms with Gasteiger partial charge in [0.25, 0.3) is 0 Å². The van der Waals surface area contributed by atoms with Crippen molar-refractivity contribution in [1.82, 2.24) is 4.98 Å². The Bertz CT molecular complexity index is 755. The van der Waals surface area contributed by atoms with Crippen molar-refractivity contribution in [2.75, 3.05) is 5.32 Å². The van der Waals surface area contributed by atoms with Crippen LogP contribution in [0.4, 0.5) is 5.69 Å². The Labute approximate surface area is 128 Å². The van der Waals surface area contributed by atoms with Crippen molar-refractivity contribution in [3.63, 3.8) is 0 Å². The van der Waals surface area contributed by atoms with Crippen LogP contribution in [0.2, 0.25) is 0 Å². The molecule has 2 aromatic rings. The minimum absolute atomic E-state index is 0.157. The maximum absolute atomic E-state index is 11.2. The summed E-state index contributed by atoms with van der Waals surface area (Å²) in [6.07, 6.45) is 7.19. The standard InChI is InChI=1S/C18H16N2O2/c21-18(22)11-7-8-15-14(10-11)12-4-3-5-13(12)17(20-15)16-6-1-2-9-19-16/h1-4,6-10,12-13,17,20H,5H2,(H,21,22)/t12-,13-,17-/m0/s1. The second-order valence-corrected chi connectivity index (χ2v) is 5.84. The van der Waals surface area contributed by atoms with Crippen molar-refractivity contribution >= 4 is 11.7 Å². The van der Waals surface area contributed by atoms with Gasteiger partial charge in [0.15, 0.2) is 0 Å². The molecule has 0 saturated carbocycles. The van der Waals surface area contributed by atoms with Gasteiger partial charge in [0.2, 0.25) is 0 Å². The molecule has 0 bridgehead atoms. The number of allylic oxidation sites excluding steroid dienone is 2. The van der Waals surface area contributed by atoms with Gasteiger partial charge in [0.1, 0.15) is 0 Å². The van der Waals surface area contributed by atoms with Crippen LogP contribution in [0, 0.1) is 5.92 Å². The van der Waals surface area contributed by atoms with Crippen LogP contribution in [0.3, 0.4) is 0 Å². The number of pyridine rings is 1. The fourth-order valence-corrected chi connectivity index (χ4v) is 3.58. The lowest BCUT2D eigenvalue weighted by molar-refractivity contribution is 0.0696. The number of aromatic carboxylic acids is 1. The number of aromatic nitrogens is 1. The van der Waals surface area contributed by atoms with Gasteiger partial charge in [0.05, 0.1) is 17.3 Å². The van der Waals surface area contributed by atoms with E-state index in [1.165, 1.54) is 0 Å². The molecule has 0 radical (unpaired) electrons. The molecule has 4 heteroatoms. The molecule has 0 unspecified atom stereocenters. The van der Waals surface area contributed by atoms with Crippen LogP contribution < -0.4 is 5.32 Å². The highest BCUT2D eigenvalue weighted by atomic mass is 16.4. The molecule has 1 aromatic heterocycles.